The van der Waals surface area contributed by atoms with Gasteiger partial charge in [0.1, 0.15) is 0 Å². The van der Waals surface area contributed by atoms with Crippen molar-refractivity contribution in [3.63, 3.8) is 0 Å². The van der Waals surface area contributed by atoms with Crippen LogP contribution in [-0.2, 0) is 0 Å². The lowest BCUT2D eigenvalue weighted by Crippen LogP contribution is -2.41. The van der Waals surface area contributed by atoms with E-state index in [1.807, 2.05) is 11.8 Å². The van der Waals surface area contributed by atoms with Gasteiger partial charge in [-0.3, -0.25) is 4.90 Å². The third-order valence-electron chi connectivity index (χ3n) is 2.15. The number of thiocarbonyl (C=S) groups is 1. The van der Waals surface area contributed by atoms with E-state index in [9.17, 15) is 0 Å². The van der Waals surface area contributed by atoms with E-state index in [1.54, 1.807) is 0 Å². The molecule has 4 heteroatoms. The van der Waals surface area contributed by atoms with E-state index >= 15 is 0 Å². The smallest absolute Gasteiger partial charge is 0.0740 e. The van der Waals surface area contributed by atoms with Crippen molar-refractivity contribution in [2.75, 3.05) is 24.6 Å². The van der Waals surface area contributed by atoms with Crippen LogP contribution < -0.4 is 5.73 Å². The zero-order valence-electron chi connectivity index (χ0n) is 7.45. The van der Waals surface area contributed by atoms with Crippen LogP contribution in [0.15, 0.2) is 0 Å². The Bertz CT molecular complexity index is 161. The Labute approximate surface area is 83.9 Å². The second-order valence-corrected chi connectivity index (χ2v) is 4.85. The normalized spacial score (nSPS) is 25.6. The molecule has 1 saturated heterocycles. The van der Waals surface area contributed by atoms with Gasteiger partial charge >= 0.3 is 0 Å². The SMILES string of the molecule is CC1CSCCN1CCC(N)=S. The summed E-state index contributed by atoms with van der Waals surface area (Å²) in [7, 11) is 0. The van der Waals surface area contributed by atoms with Crippen molar-refractivity contribution in [1.29, 1.82) is 0 Å². The standard InChI is InChI=1S/C8H16N2S2/c1-7-6-12-5-4-10(7)3-2-8(9)11/h7H,2-6H2,1H3,(H2,9,11). The number of nitrogens with zero attached hydrogens (tertiary/aromatic N) is 1. The monoisotopic (exact) mass is 204 g/mol. The summed E-state index contributed by atoms with van der Waals surface area (Å²) in [6.07, 6.45) is 0.865. The lowest BCUT2D eigenvalue weighted by atomic mass is 10.3. The van der Waals surface area contributed by atoms with Crippen LogP contribution in [0.5, 0.6) is 0 Å². The highest BCUT2D eigenvalue weighted by molar-refractivity contribution is 7.99. The summed E-state index contributed by atoms with van der Waals surface area (Å²) in [5, 5.41) is 0. The summed E-state index contributed by atoms with van der Waals surface area (Å²) >= 11 is 6.88. The van der Waals surface area contributed by atoms with Crippen molar-refractivity contribution >= 4 is 29.0 Å². The van der Waals surface area contributed by atoms with Gasteiger partial charge in [0.25, 0.3) is 0 Å². The average Bonchev–Trinajstić information content (AvgIpc) is 2.03. The molecule has 1 aliphatic rings. The topological polar surface area (TPSA) is 29.3 Å². The van der Waals surface area contributed by atoms with Gasteiger partial charge in [-0.15, -0.1) is 0 Å². The highest BCUT2D eigenvalue weighted by Crippen LogP contribution is 2.15. The first-order valence-corrected chi connectivity index (χ1v) is 5.86. The minimum Gasteiger partial charge on any atom is -0.393 e. The molecule has 1 heterocycles. The number of rotatable bonds is 3. The molecular weight excluding hydrogens is 188 g/mol. The van der Waals surface area contributed by atoms with Gasteiger partial charge in [0.05, 0.1) is 4.99 Å². The second-order valence-electron chi connectivity index (χ2n) is 3.18. The minimum absolute atomic E-state index is 0.639. The van der Waals surface area contributed by atoms with Crippen LogP contribution in [0.1, 0.15) is 13.3 Å². The van der Waals surface area contributed by atoms with Crippen molar-refractivity contribution < 1.29 is 0 Å². The maximum absolute atomic E-state index is 5.45. The number of hydrogen-bond donors (Lipinski definition) is 1. The fourth-order valence-corrected chi connectivity index (χ4v) is 2.52. The quantitative estimate of drug-likeness (QED) is 0.697. The van der Waals surface area contributed by atoms with Crippen LogP contribution in [-0.4, -0.2) is 40.5 Å². The third kappa shape index (κ3) is 3.29. The first kappa shape index (κ1) is 10.3. The highest BCUT2D eigenvalue weighted by atomic mass is 32.2. The van der Waals surface area contributed by atoms with E-state index in [4.69, 9.17) is 18.0 Å². The lowest BCUT2D eigenvalue weighted by molar-refractivity contribution is 0.239. The molecule has 0 bridgehead atoms. The fourth-order valence-electron chi connectivity index (χ4n) is 1.35. The van der Waals surface area contributed by atoms with Crippen molar-refractivity contribution in [2.45, 2.75) is 19.4 Å². The number of hydrogen-bond acceptors (Lipinski definition) is 3. The molecule has 1 unspecified atom stereocenters. The van der Waals surface area contributed by atoms with E-state index in [1.165, 1.54) is 18.1 Å². The number of thioether (sulfide) groups is 1. The Morgan fingerprint density at radius 1 is 1.75 bits per heavy atom. The molecule has 1 rings (SSSR count). The number of nitrogens with two attached hydrogens (primary N) is 1. The second kappa shape index (κ2) is 5.04. The zero-order chi connectivity index (χ0) is 8.97. The Morgan fingerprint density at radius 2 is 2.50 bits per heavy atom. The fraction of sp³-hybridized carbons (Fsp3) is 0.875. The van der Waals surface area contributed by atoms with Gasteiger partial charge in [0.2, 0.25) is 0 Å². The molecule has 2 nitrogen and oxygen atoms in total. The largest absolute Gasteiger partial charge is 0.393 e. The summed E-state index contributed by atoms with van der Waals surface area (Å²) in [5.74, 6) is 2.50. The van der Waals surface area contributed by atoms with Gasteiger partial charge in [-0.25, -0.2) is 0 Å². The Balaban J connectivity index is 2.24. The Morgan fingerprint density at radius 3 is 3.08 bits per heavy atom. The van der Waals surface area contributed by atoms with Gasteiger partial charge in [-0.05, 0) is 6.92 Å². The molecule has 70 valence electrons. The van der Waals surface area contributed by atoms with E-state index in [2.05, 4.69) is 11.8 Å². The third-order valence-corrected chi connectivity index (χ3v) is 3.54. The maximum Gasteiger partial charge on any atom is 0.0740 e. The van der Waals surface area contributed by atoms with Gasteiger partial charge in [0, 0.05) is 37.1 Å². The van der Waals surface area contributed by atoms with Crippen LogP contribution in [0.3, 0.4) is 0 Å². The van der Waals surface area contributed by atoms with Gasteiger partial charge in [0.15, 0.2) is 0 Å². The van der Waals surface area contributed by atoms with E-state index in [-0.39, 0.29) is 0 Å². The van der Waals surface area contributed by atoms with Crippen LogP contribution in [0.4, 0.5) is 0 Å². The van der Waals surface area contributed by atoms with Gasteiger partial charge in [-0.1, -0.05) is 12.2 Å². The predicted molar refractivity (Wildman–Crippen MR) is 59.8 cm³/mol. The maximum atomic E-state index is 5.45. The minimum atomic E-state index is 0.639. The summed E-state index contributed by atoms with van der Waals surface area (Å²) in [6, 6.07) is 0.693. The first-order chi connectivity index (χ1) is 5.70. The Kier molecular flexibility index (Phi) is 4.32. The zero-order valence-corrected chi connectivity index (χ0v) is 9.09. The summed E-state index contributed by atoms with van der Waals surface area (Å²) in [4.78, 5) is 3.11. The molecule has 0 spiro atoms. The summed E-state index contributed by atoms with van der Waals surface area (Å²) < 4.78 is 0. The van der Waals surface area contributed by atoms with E-state index in [0.29, 0.717) is 11.0 Å². The molecule has 12 heavy (non-hydrogen) atoms. The molecule has 0 aromatic heterocycles. The van der Waals surface area contributed by atoms with Crippen molar-refractivity contribution in [2.24, 2.45) is 5.73 Å². The molecule has 1 fully saturated rings. The molecule has 0 aliphatic carbocycles. The van der Waals surface area contributed by atoms with Crippen molar-refractivity contribution in [1.82, 2.24) is 4.90 Å². The average molecular weight is 204 g/mol. The van der Waals surface area contributed by atoms with Crippen molar-refractivity contribution in [3.8, 4) is 0 Å². The van der Waals surface area contributed by atoms with Gasteiger partial charge in [-0.2, -0.15) is 11.8 Å². The summed E-state index contributed by atoms with van der Waals surface area (Å²) in [6.45, 7) is 4.50. The van der Waals surface area contributed by atoms with Crippen molar-refractivity contribution in [3.05, 3.63) is 0 Å². The molecule has 0 amide bonds. The molecule has 0 aromatic carbocycles. The van der Waals surface area contributed by atoms with Crippen LogP contribution >= 0.6 is 24.0 Å². The van der Waals surface area contributed by atoms with Crippen LogP contribution in [0, 0.1) is 0 Å². The van der Waals surface area contributed by atoms with Crippen LogP contribution in [0.25, 0.3) is 0 Å². The lowest BCUT2D eigenvalue weighted by Gasteiger charge is -2.32. The molecule has 2 N–H and O–H groups in total. The molecular formula is C8H16N2S2. The molecule has 0 saturated carbocycles. The highest BCUT2D eigenvalue weighted by Gasteiger charge is 2.17. The summed E-state index contributed by atoms with van der Waals surface area (Å²) in [5.41, 5.74) is 5.45. The molecule has 1 atom stereocenters. The first-order valence-electron chi connectivity index (χ1n) is 4.30. The van der Waals surface area contributed by atoms with Gasteiger partial charge < -0.3 is 5.73 Å². The van der Waals surface area contributed by atoms with E-state index < -0.39 is 0 Å². The van der Waals surface area contributed by atoms with Crippen LogP contribution in [0.2, 0.25) is 0 Å². The molecule has 1 aliphatic heterocycles. The molecule has 0 aromatic rings. The van der Waals surface area contributed by atoms with E-state index in [0.717, 1.165) is 13.0 Å². The Hall–Kier alpha value is 0.200. The predicted octanol–water partition coefficient (Wildman–Crippen LogP) is 1.10. The molecule has 0 radical (unpaired) electrons.